The molecule has 1 aliphatic heterocycles. The summed E-state index contributed by atoms with van der Waals surface area (Å²) >= 11 is 0. The molecule has 0 spiro atoms. The van der Waals surface area contributed by atoms with Crippen molar-refractivity contribution in [1.82, 2.24) is 14.9 Å². The molecule has 1 saturated heterocycles. The standard InChI is InChI=1S/C10H19N3O6S2/c14-8-11-2-4-13(9-15)5-3-12-21(18,19)10-1-6-20(16,17)7-10/h8-10,12H,1-7H2,(H,11,14). The summed E-state index contributed by atoms with van der Waals surface area (Å²) in [6, 6.07) is 0. The van der Waals surface area contributed by atoms with E-state index in [0.717, 1.165) is 0 Å². The van der Waals surface area contributed by atoms with Crippen LogP contribution < -0.4 is 10.0 Å². The third kappa shape index (κ3) is 5.98. The second kappa shape index (κ2) is 7.71. The number of amides is 2. The summed E-state index contributed by atoms with van der Waals surface area (Å²) in [6.45, 7) is 0.680. The smallest absolute Gasteiger partial charge is 0.215 e. The molecule has 1 unspecified atom stereocenters. The second-order valence-corrected chi connectivity index (χ2v) is 8.95. The Morgan fingerprint density at radius 1 is 1.19 bits per heavy atom. The Kier molecular flexibility index (Phi) is 6.55. The van der Waals surface area contributed by atoms with E-state index in [0.29, 0.717) is 12.8 Å². The highest BCUT2D eigenvalue weighted by molar-refractivity contribution is 7.95. The maximum atomic E-state index is 11.9. The number of carbonyl (C=O) groups excluding carboxylic acids is 2. The second-order valence-electron chi connectivity index (χ2n) is 4.68. The summed E-state index contributed by atoms with van der Waals surface area (Å²) in [5.41, 5.74) is 0. The Morgan fingerprint density at radius 3 is 2.38 bits per heavy atom. The summed E-state index contributed by atoms with van der Waals surface area (Å²) in [7, 11) is -6.97. The molecular weight excluding hydrogens is 322 g/mol. The van der Waals surface area contributed by atoms with Crippen molar-refractivity contribution in [2.45, 2.75) is 11.7 Å². The summed E-state index contributed by atoms with van der Waals surface area (Å²) in [5.74, 6) is -0.473. The number of hydrogen-bond acceptors (Lipinski definition) is 6. The van der Waals surface area contributed by atoms with Crippen molar-refractivity contribution in [3.8, 4) is 0 Å². The van der Waals surface area contributed by atoms with Crippen LogP contribution in [0.2, 0.25) is 0 Å². The fourth-order valence-electron chi connectivity index (χ4n) is 1.94. The molecule has 1 fully saturated rings. The Bertz CT molecular complexity index is 559. The number of hydrogen-bond donors (Lipinski definition) is 2. The van der Waals surface area contributed by atoms with Gasteiger partial charge in [-0.3, -0.25) is 9.59 Å². The average Bonchev–Trinajstić information content (AvgIpc) is 2.78. The van der Waals surface area contributed by atoms with Gasteiger partial charge in [0.25, 0.3) is 0 Å². The van der Waals surface area contributed by atoms with Gasteiger partial charge < -0.3 is 10.2 Å². The van der Waals surface area contributed by atoms with Gasteiger partial charge in [-0.15, -0.1) is 0 Å². The maximum Gasteiger partial charge on any atom is 0.215 e. The highest BCUT2D eigenvalue weighted by Crippen LogP contribution is 2.17. The Labute approximate surface area is 124 Å². The average molecular weight is 341 g/mol. The van der Waals surface area contributed by atoms with Crippen LogP contribution in [0.4, 0.5) is 0 Å². The molecule has 122 valence electrons. The third-order valence-electron chi connectivity index (χ3n) is 3.11. The van der Waals surface area contributed by atoms with Gasteiger partial charge in [-0.25, -0.2) is 21.6 Å². The van der Waals surface area contributed by atoms with Crippen LogP contribution in [0.3, 0.4) is 0 Å². The van der Waals surface area contributed by atoms with Gasteiger partial charge in [0.1, 0.15) is 0 Å². The van der Waals surface area contributed by atoms with E-state index in [1.54, 1.807) is 0 Å². The van der Waals surface area contributed by atoms with Crippen LogP contribution in [0.25, 0.3) is 0 Å². The van der Waals surface area contributed by atoms with Crippen LogP contribution in [-0.4, -0.2) is 77.5 Å². The van der Waals surface area contributed by atoms with E-state index >= 15 is 0 Å². The molecule has 1 atom stereocenters. The van der Waals surface area contributed by atoms with Crippen molar-refractivity contribution in [1.29, 1.82) is 0 Å². The molecule has 0 bridgehead atoms. The van der Waals surface area contributed by atoms with Gasteiger partial charge in [0.2, 0.25) is 22.8 Å². The van der Waals surface area contributed by atoms with E-state index < -0.39 is 25.1 Å². The maximum absolute atomic E-state index is 11.9. The normalized spacial score (nSPS) is 20.9. The molecule has 1 heterocycles. The minimum absolute atomic E-state index is 0.00128. The zero-order valence-electron chi connectivity index (χ0n) is 11.4. The molecule has 21 heavy (non-hydrogen) atoms. The molecule has 2 N–H and O–H groups in total. The molecule has 1 rings (SSSR count). The molecule has 11 heteroatoms. The predicted molar refractivity (Wildman–Crippen MR) is 75.7 cm³/mol. The fourth-order valence-corrected chi connectivity index (χ4v) is 6.01. The molecule has 0 saturated carbocycles. The molecule has 9 nitrogen and oxygen atoms in total. The lowest BCUT2D eigenvalue weighted by atomic mass is 10.4. The molecule has 2 amide bonds. The Balaban J connectivity index is 2.39. The largest absolute Gasteiger partial charge is 0.357 e. The topological polar surface area (TPSA) is 130 Å². The van der Waals surface area contributed by atoms with Crippen molar-refractivity contribution in [2.75, 3.05) is 37.7 Å². The van der Waals surface area contributed by atoms with Crippen molar-refractivity contribution in [3.63, 3.8) is 0 Å². The van der Waals surface area contributed by atoms with Crippen molar-refractivity contribution < 1.29 is 26.4 Å². The number of sulfonamides is 1. The minimum Gasteiger partial charge on any atom is -0.357 e. The summed E-state index contributed by atoms with van der Waals surface area (Å²) in [6.07, 6.45) is 1.16. The van der Waals surface area contributed by atoms with Crippen molar-refractivity contribution >= 4 is 32.7 Å². The first-order valence-corrected chi connectivity index (χ1v) is 9.73. The van der Waals surface area contributed by atoms with Gasteiger partial charge in [-0.05, 0) is 6.42 Å². The molecule has 0 aliphatic carbocycles. The van der Waals surface area contributed by atoms with E-state index in [4.69, 9.17) is 0 Å². The predicted octanol–water partition coefficient (Wildman–Crippen LogP) is -2.70. The number of nitrogens with one attached hydrogen (secondary N) is 2. The lowest BCUT2D eigenvalue weighted by molar-refractivity contribution is -0.118. The van der Waals surface area contributed by atoms with E-state index in [9.17, 15) is 26.4 Å². The van der Waals surface area contributed by atoms with Crippen molar-refractivity contribution in [3.05, 3.63) is 0 Å². The first-order chi connectivity index (χ1) is 9.80. The van der Waals surface area contributed by atoms with Crippen LogP contribution in [0, 0.1) is 0 Å². The number of rotatable bonds is 10. The summed E-state index contributed by atoms with van der Waals surface area (Å²) in [4.78, 5) is 22.1. The number of sulfone groups is 1. The van der Waals surface area contributed by atoms with Gasteiger partial charge in [0.05, 0.1) is 16.8 Å². The SMILES string of the molecule is O=CNCCN(C=O)CCNS(=O)(=O)C1CCS(=O)(=O)C1. The van der Waals surface area contributed by atoms with Gasteiger partial charge in [-0.1, -0.05) is 0 Å². The molecule has 1 aliphatic rings. The van der Waals surface area contributed by atoms with E-state index in [1.165, 1.54) is 4.90 Å². The van der Waals surface area contributed by atoms with Crippen LogP contribution in [0.1, 0.15) is 6.42 Å². The quantitative estimate of drug-likeness (QED) is 0.328. The van der Waals surface area contributed by atoms with Crippen LogP contribution >= 0.6 is 0 Å². The first-order valence-electron chi connectivity index (χ1n) is 6.36. The zero-order chi connectivity index (χ0) is 15.9. The molecule has 0 aromatic heterocycles. The van der Waals surface area contributed by atoms with Crippen LogP contribution in [0.15, 0.2) is 0 Å². The summed E-state index contributed by atoms with van der Waals surface area (Å²) < 4.78 is 48.7. The van der Waals surface area contributed by atoms with Crippen LogP contribution in [0.5, 0.6) is 0 Å². The molecular formula is C10H19N3O6S2. The lowest BCUT2D eigenvalue weighted by Crippen LogP contribution is -2.41. The Morgan fingerprint density at radius 2 is 1.86 bits per heavy atom. The minimum atomic E-state index is -3.70. The van der Waals surface area contributed by atoms with Gasteiger partial charge in [-0.2, -0.15) is 0 Å². The highest BCUT2D eigenvalue weighted by Gasteiger charge is 2.36. The van der Waals surface area contributed by atoms with Crippen molar-refractivity contribution in [2.24, 2.45) is 0 Å². The van der Waals surface area contributed by atoms with E-state index in [-0.39, 0.29) is 44.1 Å². The zero-order valence-corrected chi connectivity index (χ0v) is 13.0. The first kappa shape index (κ1) is 17.9. The Hall–Kier alpha value is -1.20. The summed E-state index contributed by atoms with van der Waals surface area (Å²) in [5, 5.41) is 1.46. The highest BCUT2D eigenvalue weighted by atomic mass is 32.2. The van der Waals surface area contributed by atoms with E-state index in [2.05, 4.69) is 10.0 Å². The molecule has 0 aromatic carbocycles. The van der Waals surface area contributed by atoms with Gasteiger partial charge in [0, 0.05) is 26.2 Å². The third-order valence-corrected chi connectivity index (χ3v) is 6.97. The van der Waals surface area contributed by atoms with Gasteiger partial charge >= 0.3 is 0 Å². The monoisotopic (exact) mass is 341 g/mol. The fraction of sp³-hybridized carbons (Fsp3) is 0.800. The number of carbonyl (C=O) groups is 2. The van der Waals surface area contributed by atoms with Crippen LogP contribution in [-0.2, 0) is 29.4 Å². The molecule has 0 radical (unpaired) electrons. The lowest BCUT2D eigenvalue weighted by Gasteiger charge is -2.18. The number of nitrogens with zero attached hydrogens (tertiary/aromatic N) is 1. The molecule has 0 aromatic rings. The van der Waals surface area contributed by atoms with E-state index in [1.807, 2.05) is 0 Å². The van der Waals surface area contributed by atoms with Gasteiger partial charge in [0.15, 0.2) is 9.84 Å².